The molecule has 0 bridgehead atoms. The number of nitrogens with one attached hydrogen (secondary N) is 1. The van der Waals surface area contributed by atoms with Crippen molar-refractivity contribution in [2.45, 2.75) is 39.2 Å². The number of hydrogen-bond acceptors (Lipinski definition) is 4. The molecule has 3 heterocycles. The van der Waals surface area contributed by atoms with Crippen LogP contribution in [0, 0.1) is 6.92 Å². The van der Waals surface area contributed by atoms with Crippen LogP contribution in [0.25, 0.3) is 5.65 Å². The van der Waals surface area contributed by atoms with Gasteiger partial charge < -0.3 is 5.32 Å². The summed E-state index contributed by atoms with van der Waals surface area (Å²) in [5, 5.41) is 7.98. The summed E-state index contributed by atoms with van der Waals surface area (Å²) in [4.78, 5) is 8.74. The van der Waals surface area contributed by atoms with E-state index in [4.69, 9.17) is 0 Å². The Balaban J connectivity index is 1.93. The highest BCUT2D eigenvalue weighted by Gasteiger charge is 2.14. The summed E-state index contributed by atoms with van der Waals surface area (Å²) < 4.78 is 1.85. The van der Waals surface area contributed by atoms with Gasteiger partial charge in [-0.3, -0.25) is 4.98 Å². The molecule has 1 N–H and O–H groups in total. The van der Waals surface area contributed by atoms with Crippen molar-refractivity contribution in [3.63, 3.8) is 0 Å². The van der Waals surface area contributed by atoms with Crippen molar-refractivity contribution >= 4 is 11.5 Å². The standard InChI is InChI=1S/C17H21N5/c1-3-4-7-15(14-6-5-9-18-12-14)21-17-11-13(2)20-16-8-10-19-22(16)17/h5-6,8-12,15,21H,3-4,7H2,1-2H3/t15-/m1/s1. The third-order valence-electron chi connectivity index (χ3n) is 3.74. The number of aromatic nitrogens is 4. The highest BCUT2D eigenvalue weighted by molar-refractivity contribution is 5.50. The van der Waals surface area contributed by atoms with Crippen molar-refractivity contribution < 1.29 is 0 Å². The van der Waals surface area contributed by atoms with Gasteiger partial charge in [-0.15, -0.1) is 0 Å². The van der Waals surface area contributed by atoms with Gasteiger partial charge in [-0.2, -0.15) is 9.61 Å². The average Bonchev–Trinajstić information content (AvgIpc) is 3.00. The number of pyridine rings is 1. The lowest BCUT2D eigenvalue weighted by Gasteiger charge is -2.20. The van der Waals surface area contributed by atoms with Gasteiger partial charge in [0.15, 0.2) is 5.65 Å². The van der Waals surface area contributed by atoms with Crippen LogP contribution < -0.4 is 5.32 Å². The highest BCUT2D eigenvalue weighted by Crippen LogP contribution is 2.24. The van der Waals surface area contributed by atoms with Crippen molar-refractivity contribution in [1.29, 1.82) is 0 Å². The summed E-state index contributed by atoms with van der Waals surface area (Å²) in [6.07, 6.45) is 8.92. The van der Waals surface area contributed by atoms with E-state index in [1.165, 1.54) is 18.4 Å². The fourth-order valence-electron chi connectivity index (χ4n) is 2.63. The lowest BCUT2D eigenvalue weighted by atomic mass is 10.0. The van der Waals surface area contributed by atoms with Gasteiger partial charge in [0.2, 0.25) is 0 Å². The first kappa shape index (κ1) is 14.5. The second-order valence-corrected chi connectivity index (χ2v) is 5.51. The zero-order valence-electron chi connectivity index (χ0n) is 13.0. The van der Waals surface area contributed by atoms with Gasteiger partial charge in [-0.25, -0.2) is 4.98 Å². The smallest absolute Gasteiger partial charge is 0.157 e. The van der Waals surface area contributed by atoms with Crippen molar-refractivity contribution in [2.75, 3.05) is 5.32 Å². The van der Waals surface area contributed by atoms with E-state index in [9.17, 15) is 0 Å². The lowest BCUT2D eigenvalue weighted by molar-refractivity contribution is 0.628. The Morgan fingerprint density at radius 1 is 1.27 bits per heavy atom. The van der Waals surface area contributed by atoms with E-state index in [0.717, 1.165) is 23.6 Å². The monoisotopic (exact) mass is 295 g/mol. The normalized spacial score (nSPS) is 12.5. The second-order valence-electron chi connectivity index (χ2n) is 5.51. The molecule has 0 saturated heterocycles. The van der Waals surface area contributed by atoms with Crippen LogP contribution in [-0.2, 0) is 0 Å². The van der Waals surface area contributed by atoms with Crippen LogP contribution in [0.3, 0.4) is 0 Å². The molecule has 5 heteroatoms. The van der Waals surface area contributed by atoms with Crippen molar-refractivity contribution in [3.05, 3.63) is 54.1 Å². The maximum absolute atomic E-state index is 4.49. The van der Waals surface area contributed by atoms with E-state index in [1.54, 1.807) is 6.20 Å². The van der Waals surface area contributed by atoms with Gasteiger partial charge in [-0.1, -0.05) is 25.8 Å². The fraction of sp³-hybridized carbons (Fsp3) is 0.353. The summed E-state index contributed by atoms with van der Waals surface area (Å²) in [6.45, 7) is 4.21. The van der Waals surface area contributed by atoms with Crippen LogP contribution >= 0.6 is 0 Å². The summed E-state index contributed by atoms with van der Waals surface area (Å²) in [7, 11) is 0. The average molecular weight is 295 g/mol. The largest absolute Gasteiger partial charge is 0.363 e. The van der Waals surface area contributed by atoms with Crippen LogP contribution in [0.2, 0.25) is 0 Å². The van der Waals surface area contributed by atoms with Crippen LogP contribution in [0.5, 0.6) is 0 Å². The number of rotatable bonds is 6. The molecular formula is C17H21N5. The number of unbranched alkanes of at least 4 members (excludes halogenated alkanes) is 1. The van der Waals surface area contributed by atoms with E-state index in [0.29, 0.717) is 0 Å². The number of fused-ring (bicyclic) bond motifs is 1. The SMILES string of the molecule is CCCC[C@@H](Nc1cc(C)nc2ccnn12)c1cccnc1. The Labute approximate surface area is 130 Å². The predicted molar refractivity (Wildman–Crippen MR) is 87.8 cm³/mol. The number of hydrogen-bond donors (Lipinski definition) is 1. The zero-order chi connectivity index (χ0) is 15.4. The molecular weight excluding hydrogens is 274 g/mol. The Morgan fingerprint density at radius 3 is 2.95 bits per heavy atom. The number of anilines is 1. The van der Waals surface area contributed by atoms with Crippen LogP contribution in [-0.4, -0.2) is 19.6 Å². The van der Waals surface area contributed by atoms with E-state index < -0.39 is 0 Å². The predicted octanol–water partition coefficient (Wildman–Crippen LogP) is 3.78. The Hall–Kier alpha value is -2.43. The quantitative estimate of drug-likeness (QED) is 0.752. The van der Waals surface area contributed by atoms with Gasteiger partial charge >= 0.3 is 0 Å². The lowest BCUT2D eigenvalue weighted by Crippen LogP contribution is -2.14. The third kappa shape index (κ3) is 3.08. The first-order valence-electron chi connectivity index (χ1n) is 7.76. The third-order valence-corrected chi connectivity index (χ3v) is 3.74. The molecule has 0 saturated carbocycles. The molecule has 0 aromatic carbocycles. The van der Waals surface area contributed by atoms with Crippen molar-refractivity contribution in [3.8, 4) is 0 Å². The summed E-state index contributed by atoms with van der Waals surface area (Å²) in [5.74, 6) is 0.970. The highest BCUT2D eigenvalue weighted by atomic mass is 15.3. The van der Waals surface area contributed by atoms with Gasteiger partial charge in [0.05, 0.1) is 12.2 Å². The maximum atomic E-state index is 4.49. The molecule has 3 aromatic rings. The summed E-state index contributed by atoms with van der Waals surface area (Å²) >= 11 is 0. The first-order chi connectivity index (χ1) is 10.8. The molecule has 0 spiro atoms. The molecule has 0 fully saturated rings. The van der Waals surface area contributed by atoms with E-state index in [1.807, 2.05) is 42.0 Å². The van der Waals surface area contributed by atoms with E-state index >= 15 is 0 Å². The zero-order valence-corrected chi connectivity index (χ0v) is 13.0. The number of aryl methyl sites for hydroxylation is 1. The Bertz CT molecular complexity index is 735. The second kappa shape index (κ2) is 6.56. The molecule has 0 unspecified atom stereocenters. The van der Waals surface area contributed by atoms with E-state index in [2.05, 4.69) is 33.4 Å². The molecule has 0 aliphatic heterocycles. The van der Waals surface area contributed by atoms with Crippen molar-refractivity contribution in [2.24, 2.45) is 0 Å². The molecule has 0 amide bonds. The minimum Gasteiger partial charge on any atom is -0.363 e. The topological polar surface area (TPSA) is 55.1 Å². The minimum atomic E-state index is 0.225. The van der Waals surface area contributed by atoms with Gasteiger partial charge in [0, 0.05) is 30.2 Å². The van der Waals surface area contributed by atoms with E-state index in [-0.39, 0.29) is 6.04 Å². The molecule has 1 atom stereocenters. The van der Waals surface area contributed by atoms with Gasteiger partial charge in [0.25, 0.3) is 0 Å². The number of nitrogens with zero attached hydrogens (tertiary/aromatic N) is 4. The van der Waals surface area contributed by atoms with Gasteiger partial charge in [0.1, 0.15) is 5.82 Å². The maximum Gasteiger partial charge on any atom is 0.157 e. The Kier molecular flexibility index (Phi) is 4.32. The molecule has 0 aliphatic rings. The van der Waals surface area contributed by atoms with Crippen molar-refractivity contribution in [1.82, 2.24) is 19.6 Å². The molecule has 114 valence electrons. The molecule has 5 nitrogen and oxygen atoms in total. The summed E-state index contributed by atoms with van der Waals surface area (Å²) in [5.41, 5.74) is 3.05. The fourth-order valence-corrected chi connectivity index (χ4v) is 2.63. The molecule has 0 radical (unpaired) electrons. The van der Waals surface area contributed by atoms with Crippen LogP contribution in [0.4, 0.5) is 5.82 Å². The first-order valence-corrected chi connectivity index (χ1v) is 7.76. The van der Waals surface area contributed by atoms with Gasteiger partial charge in [-0.05, 0) is 25.0 Å². The van der Waals surface area contributed by atoms with Crippen LogP contribution in [0.15, 0.2) is 42.9 Å². The minimum absolute atomic E-state index is 0.225. The summed E-state index contributed by atoms with van der Waals surface area (Å²) in [6, 6.07) is 8.28. The Morgan fingerprint density at radius 2 is 2.18 bits per heavy atom. The molecule has 3 rings (SSSR count). The molecule has 3 aromatic heterocycles. The molecule has 22 heavy (non-hydrogen) atoms. The molecule has 0 aliphatic carbocycles. The van der Waals surface area contributed by atoms with Crippen LogP contribution in [0.1, 0.15) is 43.5 Å².